The predicted molar refractivity (Wildman–Crippen MR) is 173 cm³/mol. The van der Waals surface area contributed by atoms with Crippen LogP contribution < -0.4 is 4.74 Å². The Hall–Kier alpha value is -5.11. The van der Waals surface area contributed by atoms with Crippen molar-refractivity contribution in [1.82, 2.24) is 0 Å². The van der Waals surface area contributed by atoms with Crippen molar-refractivity contribution in [2.24, 2.45) is 0 Å². The zero-order chi connectivity index (χ0) is 37.3. The number of hydrogen-bond acceptors (Lipinski definition) is 17. The summed E-state index contributed by atoms with van der Waals surface area (Å²) in [5.74, 6) is -2.72. The van der Waals surface area contributed by atoms with Gasteiger partial charge in [-0.3, -0.25) is 0 Å². The van der Waals surface area contributed by atoms with Crippen LogP contribution in [0, 0.1) is 0 Å². The van der Waals surface area contributed by atoms with E-state index in [1.165, 1.54) is 42.5 Å². The summed E-state index contributed by atoms with van der Waals surface area (Å²) in [7, 11) is 0. The molecule has 17 heteroatoms. The Labute approximate surface area is 294 Å². The van der Waals surface area contributed by atoms with E-state index >= 15 is 0 Å². The first-order chi connectivity index (χ1) is 24.8. The fourth-order valence-corrected chi connectivity index (χ4v) is 5.71. The van der Waals surface area contributed by atoms with Gasteiger partial charge in [0.05, 0.1) is 12.2 Å². The lowest BCUT2D eigenvalue weighted by Crippen LogP contribution is -2.63. The number of carbonyl (C=O) groups is 1. The zero-order valence-electron chi connectivity index (χ0n) is 26.9. The van der Waals surface area contributed by atoms with Crippen LogP contribution in [0.25, 0.3) is 12.2 Å². The summed E-state index contributed by atoms with van der Waals surface area (Å²) < 4.78 is 34.6. The van der Waals surface area contributed by atoms with Crippen LogP contribution in [0.4, 0.5) is 0 Å². The molecule has 3 aliphatic heterocycles. The smallest absolute Gasteiger partial charge is 0.330 e. The molecule has 1 unspecified atom stereocenters. The topological polar surface area (TPSA) is 275 Å². The van der Waals surface area contributed by atoms with E-state index in [-0.39, 0.29) is 34.1 Å². The highest BCUT2D eigenvalue weighted by Crippen LogP contribution is 2.45. The summed E-state index contributed by atoms with van der Waals surface area (Å²) in [5, 5.41) is 103. The predicted octanol–water partition coefficient (Wildman–Crippen LogP) is 0.233. The quantitative estimate of drug-likeness (QED) is 0.0802. The van der Waals surface area contributed by atoms with Gasteiger partial charge < -0.3 is 79.5 Å². The Morgan fingerprint density at radius 3 is 2.27 bits per heavy atom. The minimum Gasteiger partial charge on any atom is -0.508 e. The fraction of sp³-hybridized carbons (Fsp3) is 0.343. The van der Waals surface area contributed by atoms with Crippen molar-refractivity contribution in [3.63, 3.8) is 0 Å². The summed E-state index contributed by atoms with van der Waals surface area (Å²) in [6.07, 6.45) is -12.8. The minimum absolute atomic E-state index is 0.00773. The van der Waals surface area contributed by atoms with Gasteiger partial charge in [0.15, 0.2) is 30.0 Å². The second-order valence-corrected chi connectivity index (χ2v) is 12.2. The molecule has 0 saturated carbocycles. The molecule has 0 amide bonds. The number of benzene rings is 3. The lowest BCUT2D eigenvalue weighted by Gasteiger charge is -2.45. The zero-order valence-corrected chi connectivity index (χ0v) is 26.9. The van der Waals surface area contributed by atoms with E-state index in [2.05, 4.69) is 0 Å². The van der Waals surface area contributed by atoms with Crippen LogP contribution in [0.3, 0.4) is 0 Å². The maximum Gasteiger partial charge on any atom is 0.330 e. The molecule has 10 N–H and O–H groups in total. The summed E-state index contributed by atoms with van der Waals surface area (Å²) in [6, 6.07) is 11.9. The Morgan fingerprint density at radius 2 is 1.54 bits per heavy atom. The maximum absolute atomic E-state index is 12.5. The highest BCUT2D eigenvalue weighted by molar-refractivity contribution is 5.87. The molecule has 3 aromatic carbocycles. The number of aliphatic hydroxyl groups is 5. The van der Waals surface area contributed by atoms with Gasteiger partial charge in [-0.15, -0.1) is 0 Å². The van der Waals surface area contributed by atoms with Crippen LogP contribution in [0.2, 0.25) is 0 Å². The number of phenolic OH excluding ortho intramolecular Hbond substituents is 5. The van der Waals surface area contributed by atoms with Gasteiger partial charge in [0.25, 0.3) is 0 Å². The van der Waals surface area contributed by atoms with Gasteiger partial charge in [0.2, 0.25) is 6.29 Å². The fourth-order valence-electron chi connectivity index (χ4n) is 5.71. The SMILES string of the molecule is O=C(/C=C/c1ccc(O)cc1)OC[C@@H]1O[C@@H](OC2=Cc3c(O)cc(O)cc3OC2c2ccc(O)c(O)c2)[C@H](O[C@H]2OC[C@H](O)[C@H](O)[C@H]2O)[C@H](O)[C@@H]1O. The molecule has 52 heavy (non-hydrogen) atoms. The second kappa shape index (κ2) is 15.2. The van der Waals surface area contributed by atoms with Gasteiger partial charge in [-0.2, -0.15) is 0 Å². The van der Waals surface area contributed by atoms with E-state index in [9.17, 15) is 55.9 Å². The van der Waals surface area contributed by atoms with Gasteiger partial charge in [0.1, 0.15) is 72.0 Å². The van der Waals surface area contributed by atoms with Crippen molar-refractivity contribution in [3.8, 4) is 34.5 Å². The van der Waals surface area contributed by atoms with Crippen LogP contribution in [0.15, 0.2) is 66.4 Å². The molecule has 6 rings (SSSR count). The summed E-state index contributed by atoms with van der Waals surface area (Å²) in [4.78, 5) is 12.5. The average molecular weight is 729 g/mol. The molecule has 278 valence electrons. The lowest BCUT2D eigenvalue weighted by molar-refractivity contribution is -0.352. The van der Waals surface area contributed by atoms with Gasteiger partial charge in [0, 0.05) is 23.8 Å². The standard InChI is InChI=1S/C35H36O17/c36-17-5-1-15(2-6-17)3-8-27(42)47-14-26-29(44)30(45)33(52-34-31(46)28(43)23(41)13-48-34)35(51-26)50-25-12-19-21(39)10-18(37)11-24(19)49-32(25)16-4-7-20(38)22(40)9-16/h1-12,23,26,28-41,43-46H,13-14H2/b8-3+/t23-,26-,28-,29+,30+,31+,32?,33+,34+,35+/m0/s1. The van der Waals surface area contributed by atoms with Crippen LogP contribution >= 0.6 is 0 Å². The van der Waals surface area contributed by atoms with Crippen molar-refractivity contribution in [2.75, 3.05) is 13.2 Å². The van der Waals surface area contributed by atoms with E-state index in [4.69, 9.17) is 28.4 Å². The van der Waals surface area contributed by atoms with Crippen molar-refractivity contribution >= 4 is 18.1 Å². The maximum atomic E-state index is 12.5. The highest BCUT2D eigenvalue weighted by atomic mass is 16.8. The van der Waals surface area contributed by atoms with Crippen LogP contribution in [0.1, 0.15) is 22.8 Å². The molecule has 3 aliphatic rings. The van der Waals surface area contributed by atoms with Crippen molar-refractivity contribution in [3.05, 3.63) is 83.1 Å². The van der Waals surface area contributed by atoms with Crippen molar-refractivity contribution in [1.29, 1.82) is 0 Å². The number of rotatable bonds is 9. The Balaban J connectivity index is 1.30. The number of ether oxygens (including phenoxy) is 6. The third-order valence-electron chi connectivity index (χ3n) is 8.53. The van der Waals surface area contributed by atoms with Crippen LogP contribution in [-0.4, -0.2) is 126 Å². The van der Waals surface area contributed by atoms with Crippen LogP contribution in [0.5, 0.6) is 34.5 Å². The van der Waals surface area contributed by atoms with E-state index in [1.54, 1.807) is 12.1 Å². The number of fused-ring (bicyclic) bond motifs is 1. The molecule has 0 aromatic heterocycles. The molecule has 0 aliphatic carbocycles. The van der Waals surface area contributed by atoms with E-state index in [0.717, 1.165) is 18.2 Å². The molecule has 2 fully saturated rings. The van der Waals surface area contributed by atoms with Crippen molar-refractivity contribution in [2.45, 2.75) is 61.4 Å². The molecule has 3 heterocycles. The number of hydrogen-bond donors (Lipinski definition) is 10. The second-order valence-electron chi connectivity index (χ2n) is 12.2. The van der Waals surface area contributed by atoms with Gasteiger partial charge in [-0.25, -0.2) is 4.79 Å². The average Bonchev–Trinajstić information content (AvgIpc) is 3.11. The first-order valence-corrected chi connectivity index (χ1v) is 15.9. The Morgan fingerprint density at radius 1 is 0.788 bits per heavy atom. The molecule has 3 aromatic rings. The Kier molecular flexibility index (Phi) is 10.7. The molecule has 2 saturated heterocycles. The van der Waals surface area contributed by atoms with Crippen molar-refractivity contribution < 1.29 is 84.3 Å². The third-order valence-corrected chi connectivity index (χ3v) is 8.53. The number of aliphatic hydroxyl groups excluding tert-OH is 5. The number of esters is 1. The summed E-state index contributed by atoms with van der Waals surface area (Å²) in [5.41, 5.74) is 0.799. The number of carbonyl (C=O) groups excluding carboxylic acids is 1. The lowest BCUT2D eigenvalue weighted by atomic mass is 9.97. The molecule has 17 nitrogen and oxygen atoms in total. The van der Waals surface area contributed by atoms with E-state index in [0.29, 0.717) is 5.56 Å². The van der Waals surface area contributed by atoms with Gasteiger partial charge in [-0.1, -0.05) is 18.2 Å². The van der Waals surface area contributed by atoms with E-state index < -0.39 is 97.8 Å². The number of phenols is 5. The minimum atomic E-state index is -1.89. The van der Waals surface area contributed by atoms with E-state index in [1.807, 2.05) is 0 Å². The first-order valence-electron chi connectivity index (χ1n) is 15.9. The first kappa shape index (κ1) is 36.7. The molecule has 0 radical (unpaired) electrons. The molecule has 0 spiro atoms. The molecular formula is C35H36O17. The Bertz CT molecular complexity index is 1810. The van der Waals surface area contributed by atoms with Gasteiger partial charge >= 0.3 is 5.97 Å². The monoisotopic (exact) mass is 728 g/mol. The molecular weight excluding hydrogens is 692 g/mol. The largest absolute Gasteiger partial charge is 0.508 e. The molecule has 0 bridgehead atoms. The third kappa shape index (κ3) is 7.86. The van der Waals surface area contributed by atoms with Crippen LogP contribution in [-0.2, 0) is 28.5 Å². The van der Waals surface area contributed by atoms with Gasteiger partial charge in [-0.05, 0) is 42.0 Å². The number of aromatic hydroxyl groups is 5. The highest BCUT2D eigenvalue weighted by Gasteiger charge is 2.51. The summed E-state index contributed by atoms with van der Waals surface area (Å²) in [6.45, 7) is -1.09. The molecule has 10 atom stereocenters. The summed E-state index contributed by atoms with van der Waals surface area (Å²) >= 11 is 0. The normalized spacial score (nSPS) is 30.2.